The highest BCUT2D eigenvalue weighted by molar-refractivity contribution is 5.79. The van der Waals surface area contributed by atoms with Crippen molar-refractivity contribution in [3.8, 4) is 0 Å². The SMILES string of the molecule is COCCCNC(=O)CNC(C(=O)O)C(C)C. The number of ether oxygens (including phenoxy) is 1. The van der Waals surface area contributed by atoms with Gasteiger partial charge in [-0.2, -0.15) is 0 Å². The first kappa shape index (κ1) is 15.9. The van der Waals surface area contributed by atoms with E-state index in [1.807, 2.05) is 0 Å². The number of amides is 1. The zero-order chi connectivity index (χ0) is 13.3. The molecule has 100 valence electrons. The first-order valence-electron chi connectivity index (χ1n) is 5.70. The Bertz CT molecular complexity index is 244. The summed E-state index contributed by atoms with van der Waals surface area (Å²) in [6.07, 6.45) is 0.745. The summed E-state index contributed by atoms with van der Waals surface area (Å²) in [5, 5.41) is 14.3. The number of hydrogen-bond acceptors (Lipinski definition) is 4. The lowest BCUT2D eigenvalue weighted by Gasteiger charge is -2.17. The summed E-state index contributed by atoms with van der Waals surface area (Å²) in [6, 6.07) is -0.695. The number of rotatable bonds is 9. The lowest BCUT2D eigenvalue weighted by atomic mass is 10.1. The summed E-state index contributed by atoms with van der Waals surface area (Å²) in [7, 11) is 1.60. The molecule has 0 heterocycles. The molecule has 0 aliphatic rings. The van der Waals surface area contributed by atoms with Crippen molar-refractivity contribution >= 4 is 11.9 Å². The molecular weight excluding hydrogens is 224 g/mol. The number of aliphatic carboxylic acids is 1. The Morgan fingerprint density at radius 3 is 2.47 bits per heavy atom. The van der Waals surface area contributed by atoms with Crippen LogP contribution in [-0.4, -0.2) is 49.8 Å². The van der Waals surface area contributed by atoms with E-state index >= 15 is 0 Å². The molecule has 0 spiro atoms. The van der Waals surface area contributed by atoms with Crippen LogP contribution in [0, 0.1) is 5.92 Å². The van der Waals surface area contributed by atoms with E-state index in [2.05, 4.69) is 10.6 Å². The van der Waals surface area contributed by atoms with Crippen LogP contribution in [-0.2, 0) is 14.3 Å². The van der Waals surface area contributed by atoms with Gasteiger partial charge in [0.05, 0.1) is 6.54 Å². The Balaban J connectivity index is 3.77. The van der Waals surface area contributed by atoms with Crippen LogP contribution >= 0.6 is 0 Å². The molecule has 1 atom stereocenters. The zero-order valence-corrected chi connectivity index (χ0v) is 10.7. The van der Waals surface area contributed by atoms with E-state index in [1.165, 1.54) is 0 Å². The van der Waals surface area contributed by atoms with Crippen LogP contribution < -0.4 is 10.6 Å². The predicted molar refractivity (Wildman–Crippen MR) is 63.8 cm³/mol. The Morgan fingerprint density at radius 2 is 2.00 bits per heavy atom. The lowest BCUT2D eigenvalue weighted by molar-refractivity contribution is -0.140. The molecule has 0 aliphatic carbocycles. The van der Waals surface area contributed by atoms with Crippen molar-refractivity contribution < 1.29 is 19.4 Å². The summed E-state index contributed by atoms with van der Waals surface area (Å²) in [5.41, 5.74) is 0. The molecule has 0 aromatic rings. The van der Waals surface area contributed by atoms with Gasteiger partial charge in [0.1, 0.15) is 6.04 Å². The van der Waals surface area contributed by atoms with Crippen LogP contribution in [0.25, 0.3) is 0 Å². The molecule has 0 aromatic carbocycles. The van der Waals surface area contributed by atoms with Gasteiger partial charge in [0.25, 0.3) is 0 Å². The van der Waals surface area contributed by atoms with Crippen molar-refractivity contribution in [3.05, 3.63) is 0 Å². The van der Waals surface area contributed by atoms with Crippen molar-refractivity contribution in [1.29, 1.82) is 0 Å². The Kier molecular flexibility index (Phi) is 8.35. The van der Waals surface area contributed by atoms with E-state index < -0.39 is 12.0 Å². The van der Waals surface area contributed by atoms with Crippen LogP contribution in [0.3, 0.4) is 0 Å². The van der Waals surface area contributed by atoms with E-state index in [9.17, 15) is 9.59 Å². The maximum absolute atomic E-state index is 11.3. The van der Waals surface area contributed by atoms with E-state index in [-0.39, 0.29) is 18.4 Å². The summed E-state index contributed by atoms with van der Waals surface area (Å²) in [4.78, 5) is 22.2. The van der Waals surface area contributed by atoms with Gasteiger partial charge in [-0.25, -0.2) is 0 Å². The molecule has 0 fully saturated rings. The second-order valence-electron chi connectivity index (χ2n) is 4.14. The summed E-state index contributed by atoms with van der Waals surface area (Å²) in [5.74, 6) is -1.20. The van der Waals surface area contributed by atoms with Crippen molar-refractivity contribution in [2.75, 3.05) is 26.8 Å². The van der Waals surface area contributed by atoms with Gasteiger partial charge >= 0.3 is 5.97 Å². The van der Waals surface area contributed by atoms with Crippen molar-refractivity contribution in [1.82, 2.24) is 10.6 Å². The fourth-order valence-corrected chi connectivity index (χ4v) is 1.32. The molecule has 0 rings (SSSR count). The van der Waals surface area contributed by atoms with Crippen molar-refractivity contribution in [2.45, 2.75) is 26.3 Å². The molecule has 0 aliphatic heterocycles. The van der Waals surface area contributed by atoms with Gasteiger partial charge in [0.2, 0.25) is 5.91 Å². The third kappa shape index (κ3) is 7.70. The van der Waals surface area contributed by atoms with Gasteiger partial charge in [0, 0.05) is 20.3 Å². The number of carbonyl (C=O) groups excluding carboxylic acids is 1. The molecule has 0 saturated heterocycles. The average molecular weight is 246 g/mol. The van der Waals surface area contributed by atoms with Crippen LogP contribution in [0.4, 0.5) is 0 Å². The predicted octanol–water partition coefficient (Wildman–Crippen LogP) is -0.162. The third-order valence-electron chi connectivity index (χ3n) is 2.26. The minimum absolute atomic E-state index is 0.0160. The number of methoxy groups -OCH3 is 1. The summed E-state index contributed by atoms with van der Waals surface area (Å²) < 4.78 is 4.84. The molecule has 17 heavy (non-hydrogen) atoms. The molecule has 1 amide bonds. The van der Waals surface area contributed by atoms with E-state index in [0.717, 1.165) is 6.42 Å². The van der Waals surface area contributed by atoms with Crippen molar-refractivity contribution in [2.24, 2.45) is 5.92 Å². The summed E-state index contributed by atoms with van der Waals surface area (Å²) >= 11 is 0. The number of nitrogens with one attached hydrogen (secondary N) is 2. The van der Waals surface area contributed by atoms with Gasteiger partial charge in [0.15, 0.2) is 0 Å². The number of carboxylic acids is 1. The zero-order valence-electron chi connectivity index (χ0n) is 10.7. The van der Waals surface area contributed by atoms with E-state index in [4.69, 9.17) is 9.84 Å². The molecule has 0 saturated carbocycles. The lowest BCUT2D eigenvalue weighted by Crippen LogP contribution is -2.46. The molecule has 6 nitrogen and oxygen atoms in total. The van der Waals surface area contributed by atoms with Crippen LogP contribution in [0.15, 0.2) is 0 Å². The Labute approximate surface area is 102 Å². The molecule has 1 unspecified atom stereocenters. The first-order valence-corrected chi connectivity index (χ1v) is 5.70. The maximum atomic E-state index is 11.3. The van der Waals surface area contributed by atoms with Gasteiger partial charge < -0.3 is 15.2 Å². The first-order chi connectivity index (χ1) is 7.99. The highest BCUT2D eigenvalue weighted by Crippen LogP contribution is 2.00. The van der Waals surface area contributed by atoms with Crippen molar-refractivity contribution in [3.63, 3.8) is 0 Å². The second kappa shape index (κ2) is 8.95. The average Bonchev–Trinajstić information content (AvgIpc) is 2.23. The highest BCUT2D eigenvalue weighted by atomic mass is 16.5. The largest absolute Gasteiger partial charge is 0.480 e. The molecular formula is C11H22N2O4. The van der Waals surface area contributed by atoms with E-state index in [0.29, 0.717) is 13.2 Å². The fraction of sp³-hybridized carbons (Fsp3) is 0.818. The standard InChI is InChI=1S/C11H22N2O4/c1-8(2)10(11(15)16)13-7-9(14)12-5-4-6-17-3/h8,10,13H,4-7H2,1-3H3,(H,12,14)(H,15,16). The Hall–Kier alpha value is -1.14. The topological polar surface area (TPSA) is 87.7 Å². The smallest absolute Gasteiger partial charge is 0.320 e. The Morgan fingerprint density at radius 1 is 1.35 bits per heavy atom. The highest BCUT2D eigenvalue weighted by Gasteiger charge is 2.21. The molecule has 3 N–H and O–H groups in total. The molecule has 0 radical (unpaired) electrons. The number of carbonyl (C=O) groups is 2. The minimum Gasteiger partial charge on any atom is -0.480 e. The van der Waals surface area contributed by atoms with Crippen LogP contribution in [0.2, 0.25) is 0 Å². The second-order valence-corrected chi connectivity index (χ2v) is 4.14. The van der Waals surface area contributed by atoms with Gasteiger partial charge in [-0.1, -0.05) is 13.8 Å². The molecule has 0 aromatic heterocycles. The van der Waals surface area contributed by atoms with Crippen LogP contribution in [0.5, 0.6) is 0 Å². The third-order valence-corrected chi connectivity index (χ3v) is 2.26. The van der Waals surface area contributed by atoms with Gasteiger partial charge in [-0.3, -0.25) is 14.9 Å². The fourth-order valence-electron chi connectivity index (χ4n) is 1.32. The normalized spacial score (nSPS) is 12.5. The quantitative estimate of drug-likeness (QED) is 0.492. The molecule has 0 bridgehead atoms. The summed E-state index contributed by atoms with van der Waals surface area (Å²) in [6.45, 7) is 4.73. The number of carboxylic acid groups (broad SMARTS) is 1. The van der Waals surface area contributed by atoms with Gasteiger partial charge in [-0.15, -0.1) is 0 Å². The van der Waals surface area contributed by atoms with Crippen LogP contribution in [0.1, 0.15) is 20.3 Å². The van der Waals surface area contributed by atoms with E-state index in [1.54, 1.807) is 21.0 Å². The van der Waals surface area contributed by atoms with Gasteiger partial charge in [-0.05, 0) is 12.3 Å². The monoisotopic (exact) mass is 246 g/mol. The minimum atomic E-state index is -0.938. The molecule has 6 heteroatoms. The maximum Gasteiger partial charge on any atom is 0.320 e. The number of hydrogen-bond donors (Lipinski definition) is 3.